The monoisotopic (exact) mass is 1040 g/mol. The van der Waals surface area contributed by atoms with E-state index < -0.39 is 94.6 Å². The molecular weight excluding hydrogens is 968 g/mol. The number of methoxy groups -OCH3 is 1. The number of aliphatic hydroxyl groups is 2. The summed E-state index contributed by atoms with van der Waals surface area (Å²) in [6.07, 6.45) is 7.40. The van der Waals surface area contributed by atoms with Crippen molar-refractivity contribution in [3.05, 3.63) is 98.0 Å². The SMILES string of the molecule is CO[C@H]1/C=C/O[C@@]2(C)Oc3c(C)c(O)c4c(O)c(c(CNC[C@H]5CCN(c6c(F)cn7c(=O)c(C)cc(C8CC8)c7c6C)C5)c(O)c4c3C2=O)NC(=O)/C(C)=C\C=C\[C@H](C)[C@H](O)[C@@H](C)[C@@H](O)[C@@H](C)[C@H](OC(C)=O)[C@@H]1C. The summed E-state index contributed by atoms with van der Waals surface area (Å²) in [7, 11) is 1.43. The van der Waals surface area contributed by atoms with Crippen LogP contribution >= 0.6 is 0 Å². The van der Waals surface area contributed by atoms with Gasteiger partial charge in [0.1, 0.15) is 23.4 Å². The van der Waals surface area contributed by atoms with Gasteiger partial charge in [-0.15, -0.1) is 0 Å². The van der Waals surface area contributed by atoms with Gasteiger partial charge in [0.25, 0.3) is 17.2 Å². The minimum Gasteiger partial charge on any atom is -0.507 e. The molecule has 0 radical (unpaired) electrons. The predicted molar refractivity (Wildman–Crippen MR) is 281 cm³/mol. The quantitative estimate of drug-likeness (QED) is 0.0511. The molecule has 9 rings (SSSR count). The van der Waals surface area contributed by atoms with Gasteiger partial charge in [-0.2, -0.15) is 0 Å². The van der Waals surface area contributed by atoms with Crippen molar-refractivity contribution in [3.63, 3.8) is 0 Å². The van der Waals surface area contributed by atoms with Crippen molar-refractivity contribution in [1.82, 2.24) is 9.72 Å². The first-order valence-electron chi connectivity index (χ1n) is 25.8. The van der Waals surface area contributed by atoms with Crippen LogP contribution in [0.4, 0.5) is 15.8 Å². The number of nitrogens with one attached hydrogen (secondary N) is 2. The summed E-state index contributed by atoms with van der Waals surface area (Å²) in [5, 5.41) is 65.1. The fourth-order valence-electron chi connectivity index (χ4n) is 11.4. The van der Waals surface area contributed by atoms with Crippen LogP contribution in [-0.4, -0.2) is 105 Å². The Morgan fingerprint density at radius 3 is 2.31 bits per heavy atom. The van der Waals surface area contributed by atoms with Crippen molar-refractivity contribution < 1.29 is 63.3 Å². The maximum Gasteiger partial charge on any atom is 0.312 e. The number of nitrogens with zero attached hydrogens (tertiary/aromatic N) is 2. The minimum atomic E-state index is -2.09. The first-order chi connectivity index (χ1) is 35.4. The number of fused-ring (bicyclic) bond motifs is 15. The van der Waals surface area contributed by atoms with Crippen molar-refractivity contribution in [1.29, 1.82) is 0 Å². The fraction of sp³-hybridized carbons (Fsp3) is 0.509. The van der Waals surface area contributed by atoms with E-state index >= 15 is 4.39 Å². The summed E-state index contributed by atoms with van der Waals surface area (Å²) in [4.78, 5) is 56.4. The number of aliphatic hydroxyl groups excluding tert-OH is 2. The summed E-state index contributed by atoms with van der Waals surface area (Å²) in [5.74, 6) is -8.79. The van der Waals surface area contributed by atoms with Gasteiger partial charge >= 0.3 is 11.8 Å². The number of amides is 1. The van der Waals surface area contributed by atoms with E-state index in [2.05, 4.69) is 10.6 Å². The number of aryl methyl sites for hydroxylation is 2. The second-order valence-electron chi connectivity index (χ2n) is 21.4. The van der Waals surface area contributed by atoms with Gasteiger partial charge in [0.05, 0.1) is 58.6 Å². The number of benzene rings is 2. The van der Waals surface area contributed by atoms with Crippen molar-refractivity contribution in [2.24, 2.45) is 29.6 Å². The Bertz CT molecular complexity index is 3110. The molecule has 1 amide bonds. The van der Waals surface area contributed by atoms with Gasteiger partial charge in [-0.25, -0.2) is 4.39 Å². The number of allylic oxidation sites excluding steroid dienone is 2. The van der Waals surface area contributed by atoms with E-state index in [0.717, 1.165) is 23.9 Å². The number of Topliss-reactive ketones (excluding diaryl/α,β-unsaturated/α-hetero) is 1. The smallest absolute Gasteiger partial charge is 0.312 e. The lowest BCUT2D eigenvalue weighted by Crippen LogP contribution is -2.46. The first kappa shape index (κ1) is 54.8. The average molecular weight is 1040 g/mol. The van der Waals surface area contributed by atoms with Gasteiger partial charge in [-0.1, -0.05) is 45.9 Å². The number of aromatic nitrogens is 1. The molecule has 6 heterocycles. The number of ketones is 1. The Hall–Kier alpha value is -6.47. The number of phenols is 3. The molecular formula is C57H71FN4O13. The Morgan fingerprint density at radius 1 is 0.933 bits per heavy atom. The van der Waals surface area contributed by atoms with Crippen LogP contribution in [0.25, 0.3) is 16.3 Å². The van der Waals surface area contributed by atoms with Crippen molar-refractivity contribution in [2.75, 3.05) is 37.0 Å². The lowest BCUT2D eigenvalue weighted by atomic mass is 9.78. The second-order valence-corrected chi connectivity index (χ2v) is 21.4. The van der Waals surface area contributed by atoms with E-state index in [0.29, 0.717) is 48.8 Å². The van der Waals surface area contributed by atoms with Gasteiger partial charge in [-0.3, -0.25) is 23.6 Å². The number of pyridine rings is 2. The molecule has 18 heteroatoms. The summed E-state index contributed by atoms with van der Waals surface area (Å²) in [6, 6.07) is 1.93. The molecule has 75 heavy (non-hydrogen) atoms. The standard InChI is InChI=1S/C57H71FN4O13/c1-26-13-12-14-27(2)55(70)60-44-38(23-59-22-35-17-19-61(24-35)46-30(5)45-37(36-15-16-36)21-28(3)56(71)62(45)25-39(46)58)50(67)41-42(51(44)68)49(66)33(8)53-43(41)54(69)57(10,75-53)73-20-18-40(72-11)29(4)52(74-34(9)63)32(7)48(65)31(6)47(26)64/h12-14,18,20-21,25-26,29,31-32,35-36,40,47-48,52,59,64-68H,15-17,19,22-24H2,1-11H3,(H,60,70)/b13-12+,20-18+,27-14-/t26-,29+,31+,32+,35+,40-,47-,48+,52+,57-/m0/s1. The zero-order chi connectivity index (χ0) is 54.7. The maximum absolute atomic E-state index is 16.1. The van der Waals surface area contributed by atoms with Gasteiger partial charge in [0, 0.05) is 98.5 Å². The Kier molecular flexibility index (Phi) is 15.5. The number of hydrogen-bond acceptors (Lipinski definition) is 15. The maximum atomic E-state index is 16.1. The van der Waals surface area contributed by atoms with Crippen molar-refractivity contribution >= 4 is 45.3 Å². The number of esters is 1. The molecule has 10 atom stereocenters. The minimum absolute atomic E-state index is 0.0174. The highest BCUT2D eigenvalue weighted by atomic mass is 19.1. The van der Waals surface area contributed by atoms with Crippen LogP contribution in [0.2, 0.25) is 0 Å². The third-order valence-electron chi connectivity index (χ3n) is 16.1. The molecule has 17 nitrogen and oxygen atoms in total. The zero-order valence-corrected chi connectivity index (χ0v) is 44.5. The zero-order valence-electron chi connectivity index (χ0n) is 44.5. The number of carbonyl (C=O) groups is 3. The number of halogens is 1. The van der Waals surface area contributed by atoms with E-state index in [1.54, 1.807) is 46.8 Å². The number of aromatic hydroxyl groups is 3. The number of hydrogen-bond donors (Lipinski definition) is 7. The number of ether oxygens (including phenoxy) is 4. The Morgan fingerprint density at radius 2 is 1.64 bits per heavy atom. The van der Waals surface area contributed by atoms with Crippen molar-refractivity contribution in [2.45, 2.75) is 131 Å². The van der Waals surface area contributed by atoms with E-state index in [9.17, 15) is 44.7 Å². The topological polar surface area (TPSA) is 238 Å². The van der Waals surface area contributed by atoms with E-state index in [-0.39, 0.29) is 62.5 Å². The van der Waals surface area contributed by atoms with Crippen LogP contribution in [0.1, 0.15) is 112 Å². The third-order valence-corrected chi connectivity index (χ3v) is 16.1. The van der Waals surface area contributed by atoms with Gasteiger partial charge in [0.2, 0.25) is 0 Å². The van der Waals surface area contributed by atoms with Crippen molar-refractivity contribution in [3.8, 4) is 23.0 Å². The average Bonchev–Trinajstić information content (AvgIpc) is 4.06. The van der Waals surface area contributed by atoms with Crippen LogP contribution < -0.4 is 25.8 Å². The lowest BCUT2D eigenvalue weighted by molar-refractivity contribution is -0.160. The molecule has 0 spiro atoms. The Labute approximate surface area is 435 Å². The molecule has 7 N–H and O–H groups in total. The highest BCUT2D eigenvalue weighted by Crippen LogP contribution is 2.55. The molecule has 2 aromatic heterocycles. The molecule has 1 aliphatic carbocycles. The fourth-order valence-corrected chi connectivity index (χ4v) is 11.4. The molecule has 2 fully saturated rings. The van der Waals surface area contributed by atoms with E-state index in [4.69, 9.17) is 18.9 Å². The molecule has 4 aromatic rings. The number of carbonyl (C=O) groups excluding carboxylic acids is 3. The molecule has 404 valence electrons. The summed E-state index contributed by atoms with van der Waals surface area (Å²) in [5.41, 5.74) is 2.97. The first-order valence-corrected chi connectivity index (χ1v) is 25.8. The van der Waals surface area contributed by atoms with Gasteiger partial charge < -0.3 is 60.0 Å². The highest BCUT2D eigenvalue weighted by Gasteiger charge is 2.50. The summed E-state index contributed by atoms with van der Waals surface area (Å²) < 4.78 is 41.4. The number of rotatable bonds is 8. The van der Waals surface area contributed by atoms with Crippen LogP contribution in [0, 0.1) is 56.2 Å². The molecule has 2 aromatic carbocycles. The second kappa shape index (κ2) is 21.3. The van der Waals surface area contributed by atoms with Crippen LogP contribution in [0.3, 0.4) is 0 Å². The van der Waals surface area contributed by atoms with E-state index in [1.165, 1.54) is 63.8 Å². The third kappa shape index (κ3) is 10.1. The predicted octanol–water partition coefficient (Wildman–Crippen LogP) is 7.62. The number of phenolic OH excluding ortho intramolecular Hbond substituents is 3. The van der Waals surface area contributed by atoms with Crippen LogP contribution in [-0.2, 0) is 30.3 Å². The van der Waals surface area contributed by atoms with Crippen LogP contribution in [0.5, 0.6) is 23.0 Å². The highest BCUT2D eigenvalue weighted by molar-refractivity contribution is 6.22. The summed E-state index contributed by atoms with van der Waals surface area (Å²) in [6.45, 7) is 17.2. The lowest BCUT2D eigenvalue weighted by Gasteiger charge is -2.38. The molecule has 1 saturated carbocycles. The molecule has 5 bridgehead atoms. The largest absolute Gasteiger partial charge is 0.507 e. The van der Waals surface area contributed by atoms with Gasteiger partial charge in [-0.05, 0) is 82.1 Å². The molecule has 0 unspecified atom stereocenters. The Balaban J connectivity index is 1.16. The van der Waals surface area contributed by atoms with E-state index in [1.807, 2.05) is 17.9 Å². The van der Waals surface area contributed by atoms with Gasteiger partial charge in [0.15, 0.2) is 11.6 Å². The molecule has 1 saturated heterocycles. The van der Waals surface area contributed by atoms with Crippen LogP contribution in [0.15, 0.2) is 53.2 Å². The molecule has 4 aliphatic heterocycles. The normalized spacial score (nSPS) is 29.3. The summed E-state index contributed by atoms with van der Waals surface area (Å²) >= 11 is 0. The molecule has 5 aliphatic rings. The number of anilines is 2.